The molecule has 0 aromatic carbocycles. The van der Waals surface area contributed by atoms with Gasteiger partial charge in [-0.25, -0.2) is 0 Å². The Morgan fingerprint density at radius 2 is 1.83 bits per heavy atom. The van der Waals surface area contributed by atoms with Crippen molar-refractivity contribution in [3.05, 3.63) is 0 Å². The van der Waals surface area contributed by atoms with E-state index in [1.807, 2.05) is 7.05 Å². The first-order valence-corrected chi connectivity index (χ1v) is 9.10. The SMILES string of the molecule is CN=C(NCCCC(C)(C)C)NCC(C(C)C)N1CCOCC1. The normalized spacial score (nSPS) is 19.0. The zero-order chi connectivity index (χ0) is 17.3. The van der Waals surface area contributed by atoms with Gasteiger partial charge in [0.05, 0.1) is 13.2 Å². The van der Waals surface area contributed by atoms with Crippen molar-refractivity contribution in [3.8, 4) is 0 Å². The second kappa shape index (κ2) is 10.1. The van der Waals surface area contributed by atoms with Crippen LogP contribution in [0.3, 0.4) is 0 Å². The molecule has 1 unspecified atom stereocenters. The summed E-state index contributed by atoms with van der Waals surface area (Å²) in [5, 5.41) is 6.94. The van der Waals surface area contributed by atoms with Gasteiger partial charge in [0, 0.05) is 39.3 Å². The van der Waals surface area contributed by atoms with Crippen molar-refractivity contribution in [1.29, 1.82) is 0 Å². The maximum Gasteiger partial charge on any atom is 0.191 e. The van der Waals surface area contributed by atoms with Crippen LogP contribution >= 0.6 is 0 Å². The van der Waals surface area contributed by atoms with Crippen molar-refractivity contribution < 1.29 is 4.74 Å². The second-order valence-electron chi connectivity index (χ2n) is 8.00. The minimum absolute atomic E-state index is 0.400. The van der Waals surface area contributed by atoms with Gasteiger partial charge in [-0.2, -0.15) is 0 Å². The molecule has 1 saturated heterocycles. The third kappa shape index (κ3) is 8.56. The summed E-state index contributed by atoms with van der Waals surface area (Å²) in [6.07, 6.45) is 2.39. The van der Waals surface area contributed by atoms with Gasteiger partial charge in [-0.05, 0) is 24.2 Å². The molecule has 23 heavy (non-hydrogen) atoms. The average Bonchev–Trinajstić information content (AvgIpc) is 2.49. The minimum atomic E-state index is 0.400. The predicted octanol–water partition coefficient (Wildman–Crippen LogP) is 2.33. The molecule has 0 radical (unpaired) electrons. The van der Waals surface area contributed by atoms with Crippen molar-refractivity contribution in [2.75, 3.05) is 46.4 Å². The highest BCUT2D eigenvalue weighted by atomic mass is 16.5. The summed E-state index contributed by atoms with van der Waals surface area (Å²) in [6, 6.07) is 0.520. The molecule has 2 N–H and O–H groups in total. The lowest BCUT2D eigenvalue weighted by Crippen LogP contribution is -2.52. The van der Waals surface area contributed by atoms with Gasteiger partial charge in [0.15, 0.2) is 5.96 Å². The van der Waals surface area contributed by atoms with Gasteiger partial charge < -0.3 is 15.4 Å². The molecule has 0 aromatic rings. The number of hydrogen-bond acceptors (Lipinski definition) is 3. The van der Waals surface area contributed by atoms with Crippen LogP contribution in [-0.4, -0.2) is 63.3 Å². The molecule has 1 atom stereocenters. The largest absolute Gasteiger partial charge is 0.379 e. The van der Waals surface area contributed by atoms with Crippen LogP contribution in [0, 0.1) is 11.3 Å². The summed E-state index contributed by atoms with van der Waals surface area (Å²) in [5.74, 6) is 1.53. The molecule has 0 saturated carbocycles. The minimum Gasteiger partial charge on any atom is -0.379 e. The van der Waals surface area contributed by atoms with Crippen LogP contribution < -0.4 is 10.6 Å². The van der Waals surface area contributed by atoms with E-state index in [-0.39, 0.29) is 0 Å². The summed E-state index contributed by atoms with van der Waals surface area (Å²) in [5.41, 5.74) is 0.400. The highest BCUT2D eigenvalue weighted by Gasteiger charge is 2.23. The van der Waals surface area contributed by atoms with Crippen LogP contribution in [0.1, 0.15) is 47.5 Å². The molecule has 0 amide bonds. The van der Waals surface area contributed by atoms with E-state index >= 15 is 0 Å². The number of hydrogen-bond donors (Lipinski definition) is 2. The number of rotatable bonds is 7. The zero-order valence-electron chi connectivity index (χ0n) is 16.1. The fourth-order valence-electron chi connectivity index (χ4n) is 2.94. The van der Waals surface area contributed by atoms with E-state index in [1.165, 1.54) is 12.8 Å². The molecule has 1 rings (SSSR count). The topological polar surface area (TPSA) is 48.9 Å². The van der Waals surface area contributed by atoms with Crippen LogP contribution in [0.15, 0.2) is 4.99 Å². The third-order valence-electron chi connectivity index (χ3n) is 4.38. The summed E-state index contributed by atoms with van der Waals surface area (Å²) in [7, 11) is 1.85. The number of nitrogens with one attached hydrogen (secondary N) is 2. The second-order valence-corrected chi connectivity index (χ2v) is 8.00. The zero-order valence-corrected chi connectivity index (χ0v) is 16.1. The Morgan fingerprint density at radius 3 is 2.35 bits per heavy atom. The van der Waals surface area contributed by atoms with E-state index < -0.39 is 0 Å². The van der Waals surface area contributed by atoms with E-state index in [0.717, 1.165) is 45.4 Å². The van der Waals surface area contributed by atoms with E-state index in [2.05, 4.69) is 55.1 Å². The molecule has 0 aromatic heterocycles. The molecule has 1 aliphatic heterocycles. The summed E-state index contributed by atoms with van der Waals surface area (Å²) < 4.78 is 5.47. The van der Waals surface area contributed by atoms with Gasteiger partial charge >= 0.3 is 0 Å². The number of morpholine rings is 1. The first-order valence-electron chi connectivity index (χ1n) is 9.10. The predicted molar refractivity (Wildman–Crippen MR) is 99.1 cm³/mol. The molecule has 5 nitrogen and oxygen atoms in total. The Bertz CT molecular complexity index is 343. The number of guanidine groups is 1. The quantitative estimate of drug-likeness (QED) is 0.428. The van der Waals surface area contributed by atoms with Gasteiger partial charge in [-0.3, -0.25) is 9.89 Å². The van der Waals surface area contributed by atoms with Crippen LogP contribution in [0.5, 0.6) is 0 Å². The Morgan fingerprint density at radius 1 is 1.17 bits per heavy atom. The molecule has 5 heteroatoms. The first kappa shape index (κ1) is 20.2. The van der Waals surface area contributed by atoms with E-state index in [0.29, 0.717) is 17.4 Å². The maximum absolute atomic E-state index is 5.47. The van der Waals surface area contributed by atoms with Crippen LogP contribution in [0.4, 0.5) is 0 Å². The number of aliphatic imine (C=N–C) groups is 1. The summed E-state index contributed by atoms with van der Waals surface area (Å²) >= 11 is 0. The number of ether oxygens (including phenoxy) is 1. The van der Waals surface area contributed by atoms with E-state index in [9.17, 15) is 0 Å². The van der Waals surface area contributed by atoms with Crippen LogP contribution in [-0.2, 0) is 4.74 Å². The molecule has 1 fully saturated rings. The average molecular weight is 327 g/mol. The third-order valence-corrected chi connectivity index (χ3v) is 4.38. The van der Waals surface area contributed by atoms with Crippen molar-refractivity contribution in [1.82, 2.24) is 15.5 Å². The van der Waals surface area contributed by atoms with Crippen molar-refractivity contribution >= 4 is 5.96 Å². The number of nitrogens with zero attached hydrogens (tertiary/aromatic N) is 2. The van der Waals surface area contributed by atoms with Crippen molar-refractivity contribution in [2.24, 2.45) is 16.3 Å². The van der Waals surface area contributed by atoms with E-state index in [4.69, 9.17) is 4.74 Å². The van der Waals surface area contributed by atoms with Crippen LogP contribution in [0.25, 0.3) is 0 Å². The molecular formula is C18H38N4O. The fourth-order valence-corrected chi connectivity index (χ4v) is 2.94. The lowest BCUT2D eigenvalue weighted by atomic mass is 9.91. The van der Waals surface area contributed by atoms with Gasteiger partial charge in [-0.15, -0.1) is 0 Å². The monoisotopic (exact) mass is 326 g/mol. The lowest BCUT2D eigenvalue weighted by molar-refractivity contribution is 0.00752. The highest BCUT2D eigenvalue weighted by molar-refractivity contribution is 5.79. The lowest BCUT2D eigenvalue weighted by Gasteiger charge is -2.37. The molecule has 1 heterocycles. The Balaban J connectivity index is 2.35. The molecular weight excluding hydrogens is 288 g/mol. The van der Waals surface area contributed by atoms with Crippen molar-refractivity contribution in [3.63, 3.8) is 0 Å². The van der Waals surface area contributed by atoms with Gasteiger partial charge in [0.1, 0.15) is 0 Å². The molecule has 0 spiro atoms. The molecule has 0 aliphatic carbocycles. The fraction of sp³-hybridized carbons (Fsp3) is 0.944. The van der Waals surface area contributed by atoms with E-state index in [1.54, 1.807) is 0 Å². The molecule has 136 valence electrons. The Labute approximate surface area is 143 Å². The Kier molecular flexibility index (Phi) is 8.92. The summed E-state index contributed by atoms with van der Waals surface area (Å²) in [6.45, 7) is 17.1. The molecule has 1 aliphatic rings. The van der Waals surface area contributed by atoms with Crippen molar-refractivity contribution in [2.45, 2.75) is 53.5 Å². The van der Waals surface area contributed by atoms with Gasteiger partial charge in [0.25, 0.3) is 0 Å². The highest BCUT2D eigenvalue weighted by Crippen LogP contribution is 2.19. The summed E-state index contributed by atoms with van der Waals surface area (Å²) in [4.78, 5) is 6.89. The maximum atomic E-state index is 5.47. The standard InChI is InChI=1S/C18H38N4O/c1-15(2)16(22-10-12-23-13-11-22)14-21-17(19-6)20-9-7-8-18(3,4)5/h15-16H,7-14H2,1-6H3,(H2,19,20,21). The molecule has 0 bridgehead atoms. The van der Waals surface area contributed by atoms with Crippen LogP contribution in [0.2, 0.25) is 0 Å². The first-order chi connectivity index (χ1) is 10.8. The smallest absolute Gasteiger partial charge is 0.191 e. The van der Waals surface area contributed by atoms with Gasteiger partial charge in [0.2, 0.25) is 0 Å². The Hall–Kier alpha value is -0.810. The van der Waals surface area contributed by atoms with Gasteiger partial charge in [-0.1, -0.05) is 34.6 Å².